The van der Waals surface area contributed by atoms with Gasteiger partial charge in [-0.05, 0) is 34.0 Å². The highest BCUT2D eigenvalue weighted by Gasteiger charge is 2.09. The van der Waals surface area contributed by atoms with Gasteiger partial charge in [-0.25, -0.2) is 4.98 Å². The molecule has 17 heavy (non-hydrogen) atoms. The summed E-state index contributed by atoms with van der Waals surface area (Å²) < 4.78 is 5.09. The van der Waals surface area contributed by atoms with Crippen LogP contribution in [0, 0.1) is 6.92 Å². The number of nitrogens with one attached hydrogen (secondary N) is 1. The molecule has 0 bridgehead atoms. The van der Waals surface area contributed by atoms with Gasteiger partial charge in [-0.3, -0.25) is 0 Å². The average molecular weight is 239 g/mol. The van der Waals surface area contributed by atoms with Gasteiger partial charge >= 0.3 is 0 Å². The second kappa shape index (κ2) is 6.24. The SMILES string of the molecule is COc1nc(C)nc(NCCCN(C)C)c1N. The number of rotatable bonds is 6. The first-order valence-corrected chi connectivity index (χ1v) is 5.61. The van der Waals surface area contributed by atoms with Crippen molar-refractivity contribution in [3.05, 3.63) is 5.82 Å². The van der Waals surface area contributed by atoms with Crippen molar-refractivity contribution in [3.63, 3.8) is 0 Å². The molecule has 6 heteroatoms. The fourth-order valence-electron chi connectivity index (χ4n) is 1.45. The Morgan fingerprint density at radius 1 is 1.35 bits per heavy atom. The van der Waals surface area contributed by atoms with Crippen molar-refractivity contribution in [2.24, 2.45) is 0 Å². The van der Waals surface area contributed by atoms with E-state index in [1.165, 1.54) is 0 Å². The lowest BCUT2D eigenvalue weighted by Crippen LogP contribution is -2.17. The van der Waals surface area contributed by atoms with Crippen molar-refractivity contribution < 1.29 is 4.74 Å². The van der Waals surface area contributed by atoms with Gasteiger partial charge in [0.1, 0.15) is 11.5 Å². The molecule has 0 fully saturated rings. The number of ether oxygens (including phenoxy) is 1. The summed E-state index contributed by atoms with van der Waals surface area (Å²) in [6.07, 6.45) is 1.03. The maximum atomic E-state index is 5.88. The first kappa shape index (κ1) is 13.5. The van der Waals surface area contributed by atoms with Crippen LogP contribution in [0.2, 0.25) is 0 Å². The van der Waals surface area contributed by atoms with Gasteiger partial charge in [0, 0.05) is 6.54 Å². The molecule has 0 spiro atoms. The van der Waals surface area contributed by atoms with E-state index >= 15 is 0 Å². The number of nitrogens with zero attached hydrogens (tertiary/aromatic N) is 3. The van der Waals surface area contributed by atoms with Crippen molar-refractivity contribution in [3.8, 4) is 5.88 Å². The van der Waals surface area contributed by atoms with Crippen LogP contribution in [-0.2, 0) is 0 Å². The Labute approximate surface area is 102 Å². The Kier molecular flexibility index (Phi) is 4.96. The lowest BCUT2D eigenvalue weighted by atomic mass is 10.3. The fourth-order valence-corrected chi connectivity index (χ4v) is 1.45. The third kappa shape index (κ3) is 4.07. The normalized spacial score (nSPS) is 10.6. The van der Waals surface area contributed by atoms with Gasteiger partial charge in [-0.2, -0.15) is 4.98 Å². The maximum Gasteiger partial charge on any atom is 0.242 e. The molecule has 0 aliphatic heterocycles. The molecule has 6 nitrogen and oxygen atoms in total. The molecule has 0 saturated heterocycles. The number of nitrogen functional groups attached to an aromatic ring is 1. The molecule has 0 aromatic carbocycles. The van der Waals surface area contributed by atoms with Gasteiger partial charge in [-0.15, -0.1) is 0 Å². The van der Waals surface area contributed by atoms with Crippen LogP contribution in [0.4, 0.5) is 11.5 Å². The molecule has 0 unspecified atom stereocenters. The first-order chi connectivity index (χ1) is 8.04. The fraction of sp³-hybridized carbons (Fsp3) is 0.636. The van der Waals surface area contributed by atoms with E-state index < -0.39 is 0 Å². The summed E-state index contributed by atoms with van der Waals surface area (Å²) >= 11 is 0. The summed E-state index contributed by atoms with van der Waals surface area (Å²) in [4.78, 5) is 10.5. The van der Waals surface area contributed by atoms with E-state index in [4.69, 9.17) is 10.5 Å². The number of aromatic nitrogens is 2. The zero-order valence-electron chi connectivity index (χ0n) is 10.9. The Morgan fingerprint density at radius 3 is 2.65 bits per heavy atom. The molecule has 0 radical (unpaired) electrons. The topological polar surface area (TPSA) is 76.3 Å². The monoisotopic (exact) mass is 239 g/mol. The highest BCUT2D eigenvalue weighted by molar-refractivity contribution is 5.66. The van der Waals surface area contributed by atoms with Gasteiger partial charge < -0.3 is 20.7 Å². The van der Waals surface area contributed by atoms with Gasteiger partial charge in [0.05, 0.1) is 7.11 Å². The Hall–Kier alpha value is -1.56. The van der Waals surface area contributed by atoms with Crippen LogP contribution in [0.3, 0.4) is 0 Å². The number of methoxy groups -OCH3 is 1. The third-order valence-corrected chi connectivity index (χ3v) is 2.29. The molecular weight excluding hydrogens is 218 g/mol. The number of hydrogen-bond acceptors (Lipinski definition) is 6. The van der Waals surface area contributed by atoms with Crippen LogP contribution in [-0.4, -0.2) is 49.2 Å². The second-order valence-electron chi connectivity index (χ2n) is 4.13. The van der Waals surface area contributed by atoms with Crippen LogP contribution in [0.25, 0.3) is 0 Å². The molecule has 0 amide bonds. The van der Waals surface area contributed by atoms with E-state index in [-0.39, 0.29) is 0 Å². The molecule has 1 aromatic heterocycles. The molecule has 1 aromatic rings. The molecular formula is C11H21N5O. The van der Waals surface area contributed by atoms with Crippen LogP contribution in [0.1, 0.15) is 12.2 Å². The minimum Gasteiger partial charge on any atom is -0.479 e. The largest absolute Gasteiger partial charge is 0.479 e. The van der Waals surface area contributed by atoms with Gasteiger partial charge in [0.2, 0.25) is 5.88 Å². The molecule has 1 heterocycles. The van der Waals surface area contributed by atoms with Crippen LogP contribution >= 0.6 is 0 Å². The summed E-state index contributed by atoms with van der Waals surface area (Å²) in [7, 11) is 5.65. The summed E-state index contributed by atoms with van der Waals surface area (Å²) in [5.74, 6) is 1.71. The average Bonchev–Trinajstić information content (AvgIpc) is 2.28. The molecule has 3 N–H and O–H groups in total. The van der Waals surface area contributed by atoms with Crippen molar-refractivity contribution >= 4 is 11.5 Å². The van der Waals surface area contributed by atoms with E-state index in [9.17, 15) is 0 Å². The van der Waals surface area contributed by atoms with Crippen molar-refractivity contribution in [1.82, 2.24) is 14.9 Å². The van der Waals surface area contributed by atoms with Gasteiger partial charge in [0.25, 0.3) is 0 Å². The van der Waals surface area contributed by atoms with Gasteiger partial charge in [-0.1, -0.05) is 0 Å². The van der Waals surface area contributed by atoms with E-state index in [0.717, 1.165) is 19.5 Å². The lowest BCUT2D eigenvalue weighted by molar-refractivity contribution is 0.398. The lowest BCUT2D eigenvalue weighted by Gasteiger charge is -2.13. The highest BCUT2D eigenvalue weighted by atomic mass is 16.5. The second-order valence-corrected chi connectivity index (χ2v) is 4.13. The summed E-state index contributed by atoms with van der Waals surface area (Å²) in [5.41, 5.74) is 6.34. The quantitative estimate of drug-likeness (QED) is 0.713. The first-order valence-electron chi connectivity index (χ1n) is 5.61. The molecule has 0 aliphatic rings. The third-order valence-electron chi connectivity index (χ3n) is 2.29. The Bertz CT molecular complexity index is 367. The van der Waals surface area contributed by atoms with Crippen LogP contribution < -0.4 is 15.8 Å². The summed E-state index contributed by atoms with van der Waals surface area (Å²) in [5, 5.41) is 3.20. The Morgan fingerprint density at radius 2 is 2.06 bits per heavy atom. The van der Waals surface area contributed by atoms with Crippen molar-refractivity contribution in [1.29, 1.82) is 0 Å². The molecule has 0 atom stereocenters. The molecule has 0 saturated carbocycles. The number of nitrogens with two attached hydrogens (primary N) is 1. The van der Waals surface area contributed by atoms with E-state index in [1.54, 1.807) is 7.11 Å². The highest BCUT2D eigenvalue weighted by Crippen LogP contribution is 2.25. The zero-order chi connectivity index (χ0) is 12.8. The molecule has 0 aliphatic carbocycles. The smallest absolute Gasteiger partial charge is 0.242 e. The number of aryl methyl sites for hydroxylation is 1. The summed E-state index contributed by atoms with van der Waals surface area (Å²) in [6, 6.07) is 0. The number of hydrogen-bond donors (Lipinski definition) is 2. The van der Waals surface area contributed by atoms with Crippen molar-refractivity contribution in [2.75, 3.05) is 45.3 Å². The molecule has 1 rings (SSSR count). The van der Waals surface area contributed by atoms with E-state index in [2.05, 4.69) is 20.2 Å². The predicted molar refractivity (Wildman–Crippen MR) is 69.4 cm³/mol. The standard InChI is InChI=1S/C11H21N5O/c1-8-14-10(9(12)11(15-8)17-4)13-6-5-7-16(2)3/h5-7,12H2,1-4H3,(H,13,14,15). The molecule has 96 valence electrons. The van der Waals surface area contributed by atoms with E-state index in [0.29, 0.717) is 23.2 Å². The minimum absolute atomic E-state index is 0.424. The zero-order valence-corrected chi connectivity index (χ0v) is 10.9. The summed E-state index contributed by atoms with van der Waals surface area (Å²) in [6.45, 7) is 3.66. The van der Waals surface area contributed by atoms with E-state index in [1.807, 2.05) is 21.0 Å². The maximum absolute atomic E-state index is 5.88. The van der Waals surface area contributed by atoms with Gasteiger partial charge in [0.15, 0.2) is 5.82 Å². The van der Waals surface area contributed by atoms with Crippen LogP contribution in [0.5, 0.6) is 5.88 Å². The number of anilines is 2. The Balaban J connectivity index is 2.61. The van der Waals surface area contributed by atoms with Crippen molar-refractivity contribution in [2.45, 2.75) is 13.3 Å². The predicted octanol–water partition coefficient (Wildman–Crippen LogP) is 0.739. The van der Waals surface area contributed by atoms with Crippen LogP contribution in [0.15, 0.2) is 0 Å². The minimum atomic E-state index is 0.424.